The standard InChI is InChI=1S/C18H19N3O2S/c1-4-14(13-8-6-5-7-9-13)16(22)20-15-12(3)19-18-21(17(15)23)11(2)10-24-18/h5-10,14H,4H2,1-3H3,(H,20,22). The van der Waals surface area contributed by atoms with Gasteiger partial charge in [-0.2, -0.15) is 0 Å². The summed E-state index contributed by atoms with van der Waals surface area (Å²) in [5.41, 5.74) is 2.33. The van der Waals surface area contributed by atoms with Crippen molar-refractivity contribution in [1.82, 2.24) is 9.38 Å². The maximum atomic E-state index is 12.7. The van der Waals surface area contributed by atoms with Gasteiger partial charge in [0.1, 0.15) is 5.69 Å². The Morgan fingerprint density at radius 3 is 2.67 bits per heavy atom. The number of rotatable bonds is 4. The van der Waals surface area contributed by atoms with Gasteiger partial charge >= 0.3 is 0 Å². The summed E-state index contributed by atoms with van der Waals surface area (Å²) in [7, 11) is 0. The van der Waals surface area contributed by atoms with Crippen LogP contribution in [0.15, 0.2) is 40.5 Å². The Balaban J connectivity index is 1.98. The summed E-state index contributed by atoms with van der Waals surface area (Å²) in [5, 5.41) is 4.69. The van der Waals surface area contributed by atoms with Crippen LogP contribution < -0.4 is 10.9 Å². The van der Waals surface area contributed by atoms with E-state index in [0.29, 0.717) is 17.1 Å². The molecule has 0 aliphatic carbocycles. The minimum Gasteiger partial charge on any atom is -0.319 e. The van der Waals surface area contributed by atoms with Crippen LogP contribution in [0.1, 0.15) is 36.2 Å². The van der Waals surface area contributed by atoms with Crippen molar-refractivity contribution < 1.29 is 4.79 Å². The highest BCUT2D eigenvalue weighted by Gasteiger charge is 2.21. The highest BCUT2D eigenvalue weighted by molar-refractivity contribution is 7.15. The number of nitrogens with zero attached hydrogens (tertiary/aromatic N) is 2. The molecule has 0 saturated carbocycles. The quantitative estimate of drug-likeness (QED) is 0.790. The SMILES string of the molecule is CCC(C(=O)Nc1c(C)nc2scc(C)n2c1=O)c1ccccc1. The van der Waals surface area contributed by atoms with Gasteiger partial charge in [0.15, 0.2) is 4.96 Å². The van der Waals surface area contributed by atoms with Crippen LogP contribution in [0.3, 0.4) is 0 Å². The molecule has 1 unspecified atom stereocenters. The molecule has 1 aromatic carbocycles. The summed E-state index contributed by atoms with van der Waals surface area (Å²) >= 11 is 1.42. The van der Waals surface area contributed by atoms with E-state index in [9.17, 15) is 9.59 Å². The first-order valence-corrected chi connectivity index (χ1v) is 8.74. The van der Waals surface area contributed by atoms with Gasteiger partial charge in [-0.05, 0) is 25.8 Å². The lowest BCUT2D eigenvalue weighted by Crippen LogP contribution is -2.28. The molecule has 5 nitrogen and oxygen atoms in total. The van der Waals surface area contributed by atoms with E-state index in [-0.39, 0.29) is 23.1 Å². The topological polar surface area (TPSA) is 63.5 Å². The number of amides is 1. The van der Waals surface area contributed by atoms with Gasteiger partial charge in [-0.25, -0.2) is 4.98 Å². The van der Waals surface area contributed by atoms with E-state index < -0.39 is 0 Å². The average molecular weight is 341 g/mol. The van der Waals surface area contributed by atoms with Crippen LogP contribution in [-0.4, -0.2) is 15.3 Å². The zero-order valence-corrected chi connectivity index (χ0v) is 14.7. The molecule has 0 fully saturated rings. The van der Waals surface area contributed by atoms with Crippen LogP contribution in [0.5, 0.6) is 0 Å². The largest absolute Gasteiger partial charge is 0.319 e. The first-order valence-electron chi connectivity index (χ1n) is 7.86. The highest BCUT2D eigenvalue weighted by atomic mass is 32.1. The molecule has 1 amide bonds. The van der Waals surface area contributed by atoms with Gasteiger partial charge in [-0.3, -0.25) is 14.0 Å². The zero-order valence-electron chi connectivity index (χ0n) is 13.9. The molecule has 2 aromatic heterocycles. The lowest BCUT2D eigenvalue weighted by atomic mass is 9.95. The summed E-state index contributed by atoms with van der Waals surface area (Å²) in [6.45, 7) is 5.56. The fourth-order valence-electron chi connectivity index (χ4n) is 2.80. The first kappa shape index (κ1) is 16.4. The molecular formula is C18H19N3O2S. The lowest BCUT2D eigenvalue weighted by Gasteiger charge is -2.16. The third-order valence-corrected chi connectivity index (χ3v) is 5.04. The summed E-state index contributed by atoms with van der Waals surface area (Å²) in [6, 6.07) is 9.60. The fourth-order valence-corrected chi connectivity index (χ4v) is 3.70. The molecule has 0 saturated heterocycles. The van der Waals surface area contributed by atoms with Crippen molar-refractivity contribution in [2.45, 2.75) is 33.1 Å². The molecule has 0 aliphatic rings. The van der Waals surface area contributed by atoms with Crippen LogP contribution >= 0.6 is 11.3 Å². The average Bonchev–Trinajstić information content (AvgIpc) is 2.94. The van der Waals surface area contributed by atoms with E-state index >= 15 is 0 Å². The van der Waals surface area contributed by atoms with Gasteiger partial charge in [0.2, 0.25) is 5.91 Å². The Labute approximate surface area is 144 Å². The second-order valence-electron chi connectivity index (χ2n) is 5.73. The van der Waals surface area contributed by atoms with Crippen molar-refractivity contribution in [3.05, 3.63) is 63.0 Å². The number of carbonyl (C=O) groups is 1. The molecule has 1 atom stereocenters. The number of hydrogen-bond donors (Lipinski definition) is 1. The Kier molecular flexibility index (Phi) is 4.49. The number of carbonyl (C=O) groups excluding carboxylic acids is 1. The summed E-state index contributed by atoms with van der Waals surface area (Å²) in [6.07, 6.45) is 0.656. The van der Waals surface area contributed by atoms with E-state index in [2.05, 4.69) is 10.3 Å². The maximum absolute atomic E-state index is 12.7. The number of nitrogens with one attached hydrogen (secondary N) is 1. The first-order chi connectivity index (χ1) is 11.5. The lowest BCUT2D eigenvalue weighted by molar-refractivity contribution is -0.117. The minimum absolute atomic E-state index is 0.182. The van der Waals surface area contributed by atoms with Crippen molar-refractivity contribution in [1.29, 1.82) is 0 Å². The van der Waals surface area contributed by atoms with Gasteiger partial charge in [0.05, 0.1) is 11.6 Å². The van der Waals surface area contributed by atoms with Crippen molar-refractivity contribution in [3.63, 3.8) is 0 Å². The number of aromatic nitrogens is 2. The number of fused-ring (bicyclic) bond motifs is 1. The molecule has 0 aliphatic heterocycles. The molecule has 1 N–H and O–H groups in total. The van der Waals surface area contributed by atoms with Crippen LogP contribution in [0.25, 0.3) is 4.96 Å². The predicted molar refractivity (Wildman–Crippen MR) is 96.9 cm³/mol. The molecule has 6 heteroatoms. The maximum Gasteiger partial charge on any atom is 0.282 e. The van der Waals surface area contributed by atoms with Crippen molar-refractivity contribution >= 4 is 27.9 Å². The van der Waals surface area contributed by atoms with Crippen LogP contribution in [-0.2, 0) is 4.79 Å². The normalized spacial score (nSPS) is 12.3. The van der Waals surface area contributed by atoms with Crippen molar-refractivity contribution in [2.75, 3.05) is 5.32 Å². The number of benzene rings is 1. The van der Waals surface area contributed by atoms with E-state index in [1.807, 2.05) is 49.6 Å². The van der Waals surface area contributed by atoms with Crippen molar-refractivity contribution in [3.8, 4) is 0 Å². The van der Waals surface area contributed by atoms with Gasteiger partial charge in [0, 0.05) is 11.1 Å². The third-order valence-electron chi connectivity index (χ3n) is 4.10. The molecular weight excluding hydrogens is 322 g/mol. The number of hydrogen-bond acceptors (Lipinski definition) is 4. The molecule has 124 valence electrons. The smallest absolute Gasteiger partial charge is 0.282 e. The summed E-state index contributed by atoms with van der Waals surface area (Å²) in [5.74, 6) is -0.479. The Morgan fingerprint density at radius 1 is 1.29 bits per heavy atom. The number of aryl methyl sites for hydroxylation is 2. The Bertz CT molecular complexity index is 944. The molecule has 3 aromatic rings. The molecule has 2 heterocycles. The Morgan fingerprint density at radius 2 is 2.00 bits per heavy atom. The van der Waals surface area contributed by atoms with Crippen LogP contribution in [0.4, 0.5) is 5.69 Å². The fraction of sp³-hybridized carbons (Fsp3) is 0.278. The monoisotopic (exact) mass is 341 g/mol. The van der Waals surface area contributed by atoms with Crippen LogP contribution in [0, 0.1) is 13.8 Å². The molecule has 0 bridgehead atoms. The van der Waals surface area contributed by atoms with Gasteiger partial charge < -0.3 is 5.32 Å². The Hall–Kier alpha value is -2.47. The van der Waals surface area contributed by atoms with Gasteiger partial charge in [-0.1, -0.05) is 37.3 Å². The zero-order chi connectivity index (χ0) is 17.3. The third kappa shape index (κ3) is 2.85. The van der Waals surface area contributed by atoms with E-state index in [1.165, 1.54) is 15.7 Å². The minimum atomic E-state index is -0.297. The van der Waals surface area contributed by atoms with Crippen molar-refractivity contribution in [2.24, 2.45) is 0 Å². The summed E-state index contributed by atoms with van der Waals surface area (Å²) in [4.78, 5) is 30.5. The second kappa shape index (κ2) is 6.57. The molecule has 0 spiro atoms. The predicted octanol–water partition coefficient (Wildman–Crippen LogP) is 3.51. The molecule has 3 rings (SSSR count). The van der Waals surface area contributed by atoms with Gasteiger partial charge in [0.25, 0.3) is 5.56 Å². The summed E-state index contributed by atoms with van der Waals surface area (Å²) < 4.78 is 1.54. The molecule has 0 radical (unpaired) electrons. The molecule has 24 heavy (non-hydrogen) atoms. The van der Waals surface area contributed by atoms with E-state index in [1.54, 1.807) is 6.92 Å². The van der Waals surface area contributed by atoms with Crippen LogP contribution in [0.2, 0.25) is 0 Å². The second-order valence-corrected chi connectivity index (χ2v) is 6.57. The highest BCUT2D eigenvalue weighted by Crippen LogP contribution is 2.22. The van der Waals surface area contributed by atoms with Gasteiger partial charge in [-0.15, -0.1) is 11.3 Å². The van der Waals surface area contributed by atoms with E-state index in [4.69, 9.17) is 0 Å². The van der Waals surface area contributed by atoms with E-state index in [0.717, 1.165) is 11.3 Å². The number of thiazole rings is 1. The number of anilines is 1.